The molecule has 20 heavy (non-hydrogen) atoms. The fraction of sp³-hybridized carbons (Fsp3) is 0.188. The van der Waals surface area contributed by atoms with Crippen molar-refractivity contribution >= 4 is 16.7 Å². The molecular formula is C16H16FN3. The van der Waals surface area contributed by atoms with Gasteiger partial charge in [-0.05, 0) is 42.5 Å². The van der Waals surface area contributed by atoms with E-state index in [0.29, 0.717) is 5.69 Å². The number of rotatable bonds is 2. The summed E-state index contributed by atoms with van der Waals surface area (Å²) in [6.07, 6.45) is 0. The van der Waals surface area contributed by atoms with E-state index in [4.69, 9.17) is 5.73 Å². The maximum atomic E-state index is 13.1. The van der Waals surface area contributed by atoms with E-state index < -0.39 is 0 Å². The van der Waals surface area contributed by atoms with Crippen LogP contribution in [0.1, 0.15) is 25.6 Å². The molecule has 0 amide bonds. The average molecular weight is 269 g/mol. The van der Waals surface area contributed by atoms with Gasteiger partial charge in [-0.3, -0.25) is 4.57 Å². The van der Waals surface area contributed by atoms with E-state index in [1.807, 2.05) is 18.2 Å². The topological polar surface area (TPSA) is 43.8 Å². The lowest BCUT2D eigenvalue weighted by Crippen LogP contribution is -2.03. The van der Waals surface area contributed by atoms with E-state index in [1.54, 1.807) is 12.1 Å². The smallest absolute Gasteiger partial charge is 0.123 e. The summed E-state index contributed by atoms with van der Waals surface area (Å²) in [6, 6.07) is 12.1. The molecule has 0 atom stereocenters. The zero-order chi connectivity index (χ0) is 14.3. The first-order valence-corrected chi connectivity index (χ1v) is 6.60. The predicted molar refractivity (Wildman–Crippen MR) is 79.5 cm³/mol. The number of nitrogens with zero attached hydrogens (tertiary/aromatic N) is 2. The van der Waals surface area contributed by atoms with E-state index in [1.165, 1.54) is 12.1 Å². The van der Waals surface area contributed by atoms with Gasteiger partial charge in [0.2, 0.25) is 0 Å². The molecule has 0 unspecified atom stereocenters. The molecular weight excluding hydrogens is 253 g/mol. The zero-order valence-corrected chi connectivity index (χ0v) is 11.5. The van der Waals surface area contributed by atoms with Gasteiger partial charge in [0.15, 0.2) is 0 Å². The van der Waals surface area contributed by atoms with E-state index in [0.717, 1.165) is 22.5 Å². The van der Waals surface area contributed by atoms with Crippen LogP contribution in [-0.4, -0.2) is 9.55 Å². The Morgan fingerprint density at radius 1 is 1.10 bits per heavy atom. The number of anilines is 1. The van der Waals surface area contributed by atoms with Crippen molar-refractivity contribution in [1.29, 1.82) is 0 Å². The van der Waals surface area contributed by atoms with Crippen LogP contribution < -0.4 is 5.73 Å². The highest BCUT2D eigenvalue weighted by molar-refractivity contribution is 5.81. The first-order chi connectivity index (χ1) is 9.56. The standard InChI is InChI=1S/C16H16FN3/c1-10(2)16-19-14-9-12(18)5-8-15(14)20(16)13-6-3-11(17)4-7-13/h3-10H,18H2,1-2H3. The van der Waals surface area contributed by atoms with Crippen molar-refractivity contribution < 1.29 is 4.39 Å². The highest BCUT2D eigenvalue weighted by Gasteiger charge is 2.15. The van der Waals surface area contributed by atoms with Crippen LogP contribution in [0.15, 0.2) is 42.5 Å². The van der Waals surface area contributed by atoms with Gasteiger partial charge < -0.3 is 5.73 Å². The number of nitrogen functional groups attached to an aromatic ring is 1. The molecule has 102 valence electrons. The highest BCUT2D eigenvalue weighted by atomic mass is 19.1. The van der Waals surface area contributed by atoms with Crippen molar-refractivity contribution in [3.05, 3.63) is 54.1 Å². The lowest BCUT2D eigenvalue weighted by atomic mass is 10.2. The Labute approximate surface area is 116 Å². The van der Waals surface area contributed by atoms with Crippen LogP contribution in [0.2, 0.25) is 0 Å². The first kappa shape index (κ1) is 12.7. The van der Waals surface area contributed by atoms with Crippen LogP contribution in [0.4, 0.5) is 10.1 Å². The number of nitrogens with two attached hydrogens (primary N) is 1. The minimum absolute atomic E-state index is 0.242. The minimum atomic E-state index is -0.242. The van der Waals surface area contributed by atoms with Crippen molar-refractivity contribution in [2.24, 2.45) is 0 Å². The van der Waals surface area contributed by atoms with Gasteiger partial charge in [0.05, 0.1) is 11.0 Å². The third kappa shape index (κ3) is 2.03. The molecule has 0 fully saturated rings. The van der Waals surface area contributed by atoms with Crippen LogP contribution in [-0.2, 0) is 0 Å². The number of fused-ring (bicyclic) bond motifs is 1. The fourth-order valence-electron chi connectivity index (χ4n) is 2.36. The molecule has 3 aromatic rings. The maximum absolute atomic E-state index is 13.1. The van der Waals surface area contributed by atoms with Crippen molar-refractivity contribution in [2.45, 2.75) is 19.8 Å². The third-order valence-electron chi connectivity index (χ3n) is 3.31. The SMILES string of the molecule is CC(C)c1nc2cc(N)ccc2n1-c1ccc(F)cc1. The van der Waals surface area contributed by atoms with Crippen LogP contribution in [0, 0.1) is 5.82 Å². The van der Waals surface area contributed by atoms with E-state index in [9.17, 15) is 4.39 Å². The summed E-state index contributed by atoms with van der Waals surface area (Å²) in [5.74, 6) is 0.958. The second-order valence-corrected chi connectivity index (χ2v) is 5.18. The number of benzene rings is 2. The quantitative estimate of drug-likeness (QED) is 0.718. The van der Waals surface area contributed by atoms with E-state index in [-0.39, 0.29) is 11.7 Å². The van der Waals surface area contributed by atoms with Gasteiger partial charge in [-0.2, -0.15) is 0 Å². The Morgan fingerprint density at radius 2 is 1.80 bits per heavy atom. The summed E-state index contributed by atoms with van der Waals surface area (Å²) in [7, 11) is 0. The molecule has 0 aliphatic rings. The Kier molecular flexibility index (Phi) is 2.93. The predicted octanol–water partition coefficient (Wildman–Crippen LogP) is 3.87. The fourth-order valence-corrected chi connectivity index (χ4v) is 2.36. The summed E-state index contributed by atoms with van der Waals surface area (Å²) < 4.78 is 15.2. The minimum Gasteiger partial charge on any atom is -0.399 e. The molecule has 0 spiro atoms. The molecule has 2 aromatic carbocycles. The molecule has 1 heterocycles. The van der Waals surface area contributed by atoms with Gasteiger partial charge >= 0.3 is 0 Å². The average Bonchev–Trinajstić information content (AvgIpc) is 2.78. The van der Waals surface area contributed by atoms with E-state index >= 15 is 0 Å². The molecule has 0 aliphatic carbocycles. The molecule has 1 aromatic heterocycles. The lowest BCUT2D eigenvalue weighted by molar-refractivity contribution is 0.627. The Bertz CT molecular complexity index is 757. The molecule has 2 N–H and O–H groups in total. The largest absolute Gasteiger partial charge is 0.399 e. The number of hydrogen-bond acceptors (Lipinski definition) is 2. The van der Waals surface area contributed by atoms with Crippen molar-refractivity contribution in [1.82, 2.24) is 9.55 Å². The van der Waals surface area contributed by atoms with Crippen molar-refractivity contribution in [3.63, 3.8) is 0 Å². The van der Waals surface area contributed by atoms with Crippen molar-refractivity contribution in [2.75, 3.05) is 5.73 Å². The van der Waals surface area contributed by atoms with Gasteiger partial charge in [0.1, 0.15) is 11.6 Å². The second-order valence-electron chi connectivity index (χ2n) is 5.18. The molecule has 3 rings (SSSR count). The highest BCUT2D eigenvalue weighted by Crippen LogP contribution is 2.27. The molecule has 0 saturated carbocycles. The van der Waals surface area contributed by atoms with Gasteiger partial charge in [-0.25, -0.2) is 9.37 Å². The summed E-state index contributed by atoms with van der Waals surface area (Å²) in [5, 5.41) is 0. The van der Waals surface area contributed by atoms with Crippen LogP contribution in [0.25, 0.3) is 16.7 Å². The normalized spacial score (nSPS) is 11.4. The molecule has 0 saturated heterocycles. The van der Waals surface area contributed by atoms with Crippen LogP contribution >= 0.6 is 0 Å². The Hall–Kier alpha value is -2.36. The Morgan fingerprint density at radius 3 is 2.45 bits per heavy atom. The van der Waals surface area contributed by atoms with Gasteiger partial charge in [-0.15, -0.1) is 0 Å². The third-order valence-corrected chi connectivity index (χ3v) is 3.31. The van der Waals surface area contributed by atoms with Crippen molar-refractivity contribution in [3.8, 4) is 5.69 Å². The number of halogens is 1. The lowest BCUT2D eigenvalue weighted by Gasteiger charge is -2.11. The number of hydrogen-bond donors (Lipinski definition) is 1. The summed E-state index contributed by atoms with van der Waals surface area (Å²) in [6.45, 7) is 4.18. The molecule has 4 heteroatoms. The molecule has 0 aliphatic heterocycles. The van der Waals surface area contributed by atoms with Crippen LogP contribution in [0.5, 0.6) is 0 Å². The zero-order valence-electron chi connectivity index (χ0n) is 11.5. The number of imidazole rings is 1. The first-order valence-electron chi connectivity index (χ1n) is 6.60. The number of aromatic nitrogens is 2. The monoisotopic (exact) mass is 269 g/mol. The molecule has 0 bridgehead atoms. The summed E-state index contributed by atoms with van der Waals surface area (Å²) in [5.41, 5.74) is 9.26. The van der Waals surface area contributed by atoms with Gasteiger partial charge in [-0.1, -0.05) is 13.8 Å². The van der Waals surface area contributed by atoms with Gasteiger partial charge in [0.25, 0.3) is 0 Å². The van der Waals surface area contributed by atoms with Gasteiger partial charge in [0, 0.05) is 17.3 Å². The Balaban J connectivity index is 2.31. The molecule has 0 radical (unpaired) electrons. The summed E-state index contributed by atoms with van der Waals surface area (Å²) in [4.78, 5) is 4.66. The second kappa shape index (κ2) is 4.63. The molecule has 3 nitrogen and oxygen atoms in total. The van der Waals surface area contributed by atoms with E-state index in [2.05, 4.69) is 23.4 Å². The maximum Gasteiger partial charge on any atom is 0.123 e. The van der Waals surface area contributed by atoms with Crippen LogP contribution in [0.3, 0.4) is 0 Å². The summed E-state index contributed by atoms with van der Waals surface area (Å²) >= 11 is 0.